The van der Waals surface area contributed by atoms with Crippen molar-refractivity contribution in [2.45, 2.75) is 23.2 Å². The number of nitrogens with one attached hydrogen (secondary N) is 1. The number of anilines is 1. The standard InChI is InChI=1S/C11H18ClN5S2/c1-17-5-3-8(4-6-17)7-13-9-14-10(18-2)16-11(15-9)19-12/h8H,3-7H2,1-2H3,(H,13,14,15,16). The van der Waals surface area contributed by atoms with E-state index in [1.807, 2.05) is 6.26 Å². The second-order valence-electron chi connectivity index (χ2n) is 4.63. The summed E-state index contributed by atoms with van der Waals surface area (Å²) in [5.74, 6) is 1.32. The summed E-state index contributed by atoms with van der Waals surface area (Å²) in [5, 5.41) is 4.56. The van der Waals surface area contributed by atoms with Crippen molar-refractivity contribution >= 4 is 39.4 Å². The zero-order valence-electron chi connectivity index (χ0n) is 11.1. The molecule has 0 atom stereocenters. The molecule has 0 amide bonds. The molecule has 1 N–H and O–H groups in total. The molecule has 0 aromatic carbocycles. The highest BCUT2D eigenvalue weighted by Crippen LogP contribution is 2.22. The summed E-state index contributed by atoms with van der Waals surface area (Å²) < 4.78 is 0. The minimum Gasteiger partial charge on any atom is -0.354 e. The molecular weight excluding hydrogens is 302 g/mol. The number of hydrogen-bond donors (Lipinski definition) is 1. The summed E-state index contributed by atoms with van der Waals surface area (Å²) in [4.78, 5) is 15.2. The summed E-state index contributed by atoms with van der Waals surface area (Å²) in [6.45, 7) is 3.25. The molecule has 0 saturated carbocycles. The summed E-state index contributed by atoms with van der Waals surface area (Å²) in [5.41, 5.74) is 0. The largest absolute Gasteiger partial charge is 0.354 e. The summed E-state index contributed by atoms with van der Waals surface area (Å²) in [6, 6.07) is 0. The van der Waals surface area contributed by atoms with Gasteiger partial charge < -0.3 is 10.2 Å². The second-order valence-corrected chi connectivity index (χ2v) is 6.39. The van der Waals surface area contributed by atoms with Crippen LogP contribution in [0.5, 0.6) is 0 Å². The zero-order chi connectivity index (χ0) is 13.7. The van der Waals surface area contributed by atoms with Crippen LogP contribution in [0, 0.1) is 5.92 Å². The van der Waals surface area contributed by atoms with E-state index in [2.05, 4.69) is 32.2 Å². The molecule has 5 nitrogen and oxygen atoms in total. The molecule has 1 aromatic rings. The summed E-state index contributed by atoms with van der Waals surface area (Å²) in [6.07, 6.45) is 4.39. The van der Waals surface area contributed by atoms with Gasteiger partial charge >= 0.3 is 0 Å². The Morgan fingerprint density at radius 3 is 2.58 bits per heavy atom. The van der Waals surface area contributed by atoms with Gasteiger partial charge in [-0.1, -0.05) is 11.8 Å². The molecule has 2 heterocycles. The van der Waals surface area contributed by atoms with Crippen molar-refractivity contribution in [2.24, 2.45) is 5.92 Å². The fourth-order valence-corrected chi connectivity index (χ4v) is 2.91. The Morgan fingerprint density at radius 2 is 1.95 bits per heavy atom. The Bertz CT molecular complexity index is 390. The van der Waals surface area contributed by atoms with Gasteiger partial charge in [-0.15, -0.1) is 0 Å². The van der Waals surface area contributed by atoms with Gasteiger partial charge in [-0.05, 0) is 55.8 Å². The van der Waals surface area contributed by atoms with Gasteiger partial charge in [0.25, 0.3) is 0 Å². The molecule has 2 rings (SSSR count). The van der Waals surface area contributed by atoms with E-state index in [0.29, 0.717) is 22.2 Å². The monoisotopic (exact) mass is 319 g/mol. The molecule has 0 bridgehead atoms. The van der Waals surface area contributed by atoms with E-state index in [0.717, 1.165) is 17.5 Å². The van der Waals surface area contributed by atoms with Gasteiger partial charge in [-0.2, -0.15) is 15.0 Å². The molecule has 8 heteroatoms. The highest BCUT2D eigenvalue weighted by Gasteiger charge is 2.17. The maximum atomic E-state index is 5.71. The lowest BCUT2D eigenvalue weighted by atomic mass is 9.97. The molecule has 1 saturated heterocycles. The van der Waals surface area contributed by atoms with Crippen molar-refractivity contribution in [3.05, 3.63) is 0 Å². The van der Waals surface area contributed by atoms with Gasteiger partial charge in [0.2, 0.25) is 11.1 Å². The van der Waals surface area contributed by atoms with E-state index in [1.54, 1.807) is 0 Å². The molecular formula is C11H18ClN5S2. The van der Waals surface area contributed by atoms with E-state index >= 15 is 0 Å². The number of rotatable bonds is 5. The smallest absolute Gasteiger partial charge is 0.227 e. The molecule has 106 valence electrons. The van der Waals surface area contributed by atoms with Crippen LogP contribution in [-0.2, 0) is 0 Å². The van der Waals surface area contributed by atoms with E-state index in [9.17, 15) is 0 Å². The van der Waals surface area contributed by atoms with E-state index < -0.39 is 0 Å². The van der Waals surface area contributed by atoms with Crippen LogP contribution in [-0.4, -0.2) is 52.8 Å². The van der Waals surface area contributed by atoms with Crippen molar-refractivity contribution < 1.29 is 0 Å². The highest BCUT2D eigenvalue weighted by atomic mass is 35.7. The Hall–Kier alpha value is -0.240. The lowest BCUT2D eigenvalue weighted by molar-refractivity contribution is 0.226. The lowest BCUT2D eigenvalue weighted by Gasteiger charge is -2.28. The first kappa shape index (κ1) is 15.2. The number of likely N-dealkylation sites (tertiary alicyclic amines) is 1. The van der Waals surface area contributed by atoms with Crippen LogP contribution in [0.3, 0.4) is 0 Å². The lowest BCUT2D eigenvalue weighted by Crippen LogP contribution is -2.33. The Labute approximate surface area is 126 Å². The van der Waals surface area contributed by atoms with E-state index in [-0.39, 0.29) is 0 Å². The highest BCUT2D eigenvalue weighted by molar-refractivity contribution is 8.21. The quantitative estimate of drug-likeness (QED) is 0.837. The topological polar surface area (TPSA) is 53.9 Å². The maximum absolute atomic E-state index is 5.71. The van der Waals surface area contributed by atoms with Crippen LogP contribution < -0.4 is 5.32 Å². The van der Waals surface area contributed by atoms with Gasteiger partial charge in [0.05, 0.1) is 0 Å². The number of hydrogen-bond acceptors (Lipinski definition) is 7. The Balaban J connectivity index is 1.91. The fourth-order valence-electron chi connectivity index (χ4n) is 2.04. The molecule has 0 unspecified atom stereocenters. The van der Waals surface area contributed by atoms with Crippen LogP contribution >= 0.6 is 33.4 Å². The minimum atomic E-state index is 0.548. The predicted molar refractivity (Wildman–Crippen MR) is 82.0 cm³/mol. The van der Waals surface area contributed by atoms with Crippen molar-refractivity contribution in [2.75, 3.05) is 38.3 Å². The van der Waals surface area contributed by atoms with Gasteiger partial charge in [0, 0.05) is 17.5 Å². The van der Waals surface area contributed by atoms with Crippen molar-refractivity contribution in [3.63, 3.8) is 0 Å². The van der Waals surface area contributed by atoms with E-state index in [4.69, 9.17) is 10.7 Å². The number of thioether (sulfide) groups is 1. The van der Waals surface area contributed by atoms with Gasteiger partial charge in [0.15, 0.2) is 5.16 Å². The van der Waals surface area contributed by atoms with Crippen molar-refractivity contribution in [3.8, 4) is 0 Å². The molecule has 19 heavy (non-hydrogen) atoms. The van der Waals surface area contributed by atoms with Crippen LogP contribution in [0.2, 0.25) is 0 Å². The minimum absolute atomic E-state index is 0.548. The molecule has 0 spiro atoms. The second kappa shape index (κ2) is 7.52. The third-order valence-corrected chi connectivity index (χ3v) is 4.52. The van der Waals surface area contributed by atoms with Gasteiger partial charge in [-0.3, -0.25) is 0 Å². The maximum Gasteiger partial charge on any atom is 0.227 e. The van der Waals surface area contributed by atoms with Crippen LogP contribution in [0.1, 0.15) is 12.8 Å². The predicted octanol–water partition coefficient (Wildman–Crippen LogP) is 2.59. The molecule has 1 aliphatic rings. The SMILES string of the molecule is CSc1nc(NCC2CCN(C)CC2)nc(SCl)n1. The molecule has 1 aromatic heterocycles. The first-order valence-electron chi connectivity index (χ1n) is 6.22. The number of aromatic nitrogens is 3. The van der Waals surface area contributed by atoms with Crippen LogP contribution in [0.4, 0.5) is 5.95 Å². The average molecular weight is 320 g/mol. The van der Waals surface area contributed by atoms with Gasteiger partial charge in [-0.25, -0.2) is 0 Å². The molecule has 1 fully saturated rings. The van der Waals surface area contributed by atoms with Crippen molar-refractivity contribution in [1.82, 2.24) is 19.9 Å². The van der Waals surface area contributed by atoms with Crippen LogP contribution in [0.25, 0.3) is 0 Å². The molecule has 0 aliphatic carbocycles. The summed E-state index contributed by atoms with van der Waals surface area (Å²) in [7, 11) is 8.91. The van der Waals surface area contributed by atoms with E-state index in [1.165, 1.54) is 37.7 Å². The number of nitrogens with zero attached hydrogens (tertiary/aromatic N) is 4. The average Bonchev–Trinajstić information content (AvgIpc) is 2.46. The summed E-state index contributed by atoms with van der Waals surface area (Å²) >= 11 is 1.49. The van der Waals surface area contributed by atoms with Gasteiger partial charge in [0.1, 0.15) is 0 Å². The van der Waals surface area contributed by atoms with Crippen molar-refractivity contribution in [1.29, 1.82) is 0 Å². The molecule has 1 aliphatic heterocycles. The Kier molecular flexibility index (Phi) is 6.00. The first-order chi connectivity index (χ1) is 9.21. The third kappa shape index (κ3) is 4.66. The normalized spacial score (nSPS) is 17.6. The third-order valence-electron chi connectivity index (χ3n) is 3.23. The number of halogens is 1. The number of piperidine rings is 1. The zero-order valence-corrected chi connectivity index (χ0v) is 13.5. The fraction of sp³-hybridized carbons (Fsp3) is 0.727. The Morgan fingerprint density at radius 1 is 1.26 bits per heavy atom. The molecule has 0 radical (unpaired) electrons. The van der Waals surface area contributed by atoms with Crippen LogP contribution in [0.15, 0.2) is 10.3 Å². The first-order valence-corrected chi connectivity index (χ1v) is 9.09.